The zero-order valence-corrected chi connectivity index (χ0v) is 19.8. The Hall–Kier alpha value is -3.41. The monoisotopic (exact) mass is 445 g/mol. The number of aromatic nitrogens is 1. The molecule has 1 aliphatic heterocycles. The third-order valence-electron chi connectivity index (χ3n) is 6.83. The molecule has 0 spiro atoms. The number of hydrogen-bond donors (Lipinski definition) is 1. The lowest BCUT2D eigenvalue weighted by molar-refractivity contribution is -0.132. The van der Waals surface area contributed by atoms with Crippen LogP contribution in [0.25, 0.3) is 11.3 Å². The first-order valence-electron chi connectivity index (χ1n) is 11.4. The Labute approximate surface area is 195 Å². The summed E-state index contributed by atoms with van der Waals surface area (Å²) in [5.74, 6) is 0.625. The molecule has 1 aliphatic rings. The molecule has 6 nitrogen and oxygen atoms in total. The molecule has 0 bridgehead atoms. The average Bonchev–Trinajstić information content (AvgIpc) is 3.44. The molecule has 3 aromatic rings. The zero-order valence-electron chi connectivity index (χ0n) is 19.8. The molecule has 33 heavy (non-hydrogen) atoms. The van der Waals surface area contributed by atoms with Crippen LogP contribution in [0.4, 0.5) is 0 Å². The SMILES string of the molecule is CNC(=O)[C@@]1(Cc2cc(-c3ccccc3C)no2)CCN(C(=O)Cc2ccc(C)c(C)c2)C1. The molecule has 1 N–H and O–H groups in total. The van der Waals surface area contributed by atoms with Gasteiger partial charge in [0.25, 0.3) is 0 Å². The van der Waals surface area contributed by atoms with Crippen LogP contribution >= 0.6 is 0 Å². The number of likely N-dealkylation sites (tertiary alicyclic amines) is 1. The summed E-state index contributed by atoms with van der Waals surface area (Å²) in [4.78, 5) is 27.8. The van der Waals surface area contributed by atoms with Gasteiger partial charge in [-0.05, 0) is 49.4 Å². The molecule has 0 saturated carbocycles. The molecular weight excluding hydrogens is 414 g/mol. The number of hydrogen-bond acceptors (Lipinski definition) is 4. The van der Waals surface area contributed by atoms with Gasteiger partial charge in [-0.15, -0.1) is 0 Å². The predicted molar refractivity (Wildman–Crippen MR) is 128 cm³/mol. The van der Waals surface area contributed by atoms with Crippen molar-refractivity contribution in [1.82, 2.24) is 15.4 Å². The number of nitrogens with zero attached hydrogens (tertiary/aromatic N) is 2. The summed E-state index contributed by atoms with van der Waals surface area (Å²) < 4.78 is 5.64. The highest BCUT2D eigenvalue weighted by molar-refractivity contribution is 5.86. The number of aryl methyl sites for hydroxylation is 3. The Morgan fingerprint density at radius 2 is 1.85 bits per heavy atom. The number of benzene rings is 2. The summed E-state index contributed by atoms with van der Waals surface area (Å²) >= 11 is 0. The van der Waals surface area contributed by atoms with E-state index in [1.54, 1.807) is 7.05 Å². The van der Waals surface area contributed by atoms with E-state index >= 15 is 0 Å². The molecular formula is C27H31N3O3. The van der Waals surface area contributed by atoms with Crippen LogP contribution in [-0.4, -0.2) is 42.0 Å². The van der Waals surface area contributed by atoms with Crippen molar-refractivity contribution in [1.29, 1.82) is 0 Å². The minimum atomic E-state index is -0.726. The highest BCUT2D eigenvalue weighted by Gasteiger charge is 2.46. The van der Waals surface area contributed by atoms with Crippen molar-refractivity contribution in [3.05, 3.63) is 76.5 Å². The van der Waals surface area contributed by atoms with E-state index in [2.05, 4.69) is 30.4 Å². The Morgan fingerprint density at radius 3 is 2.58 bits per heavy atom. The van der Waals surface area contributed by atoms with E-state index in [1.165, 1.54) is 11.1 Å². The van der Waals surface area contributed by atoms with Gasteiger partial charge in [-0.25, -0.2) is 0 Å². The Kier molecular flexibility index (Phi) is 6.36. The maximum atomic E-state index is 13.0. The molecule has 4 rings (SSSR count). The van der Waals surface area contributed by atoms with Gasteiger partial charge in [0.05, 0.1) is 11.8 Å². The van der Waals surface area contributed by atoms with Gasteiger partial charge in [-0.2, -0.15) is 0 Å². The first-order valence-corrected chi connectivity index (χ1v) is 11.4. The van der Waals surface area contributed by atoms with E-state index in [0.717, 1.165) is 22.4 Å². The van der Waals surface area contributed by atoms with Crippen LogP contribution < -0.4 is 5.32 Å². The molecule has 1 aromatic heterocycles. The fourth-order valence-electron chi connectivity index (χ4n) is 4.68. The van der Waals surface area contributed by atoms with E-state index in [4.69, 9.17) is 4.52 Å². The Morgan fingerprint density at radius 1 is 1.06 bits per heavy atom. The molecule has 0 unspecified atom stereocenters. The fraction of sp³-hybridized carbons (Fsp3) is 0.370. The molecule has 2 aromatic carbocycles. The molecule has 0 radical (unpaired) electrons. The summed E-state index contributed by atoms with van der Waals surface area (Å²) in [5, 5.41) is 7.04. The van der Waals surface area contributed by atoms with Gasteiger partial charge in [0.2, 0.25) is 11.8 Å². The molecule has 2 amide bonds. The highest BCUT2D eigenvalue weighted by atomic mass is 16.5. The second-order valence-corrected chi connectivity index (χ2v) is 9.19. The first kappa shape index (κ1) is 22.8. The van der Waals surface area contributed by atoms with Gasteiger partial charge < -0.3 is 14.7 Å². The lowest BCUT2D eigenvalue weighted by Crippen LogP contribution is -2.44. The van der Waals surface area contributed by atoms with Crippen molar-refractivity contribution in [2.75, 3.05) is 20.1 Å². The number of amides is 2. The van der Waals surface area contributed by atoms with Gasteiger partial charge in [-0.3, -0.25) is 9.59 Å². The van der Waals surface area contributed by atoms with Crippen LogP contribution in [0, 0.1) is 26.2 Å². The van der Waals surface area contributed by atoms with Crippen LogP contribution in [0.2, 0.25) is 0 Å². The molecule has 0 aliphatic carbocycles. The van der Waals surface area contributed by atoms with Gasteiger partial charge in [0, 0.05) is 38.2 Å². The zero-order chi connectivity index (χ0) is 23.6. The second-order valence-electron chi connectivity index (χ2n) is 9.19. The van der Waals surface area contributed by atoms with Crippen molar-refractivity contribution in [2.45, 2.75) is 40.0 Å². The summed E-state index contributed by atoms with van der Waals surface area (Å²) in [6.45, 7) is 7.07. The summed E-state index contributed by atoms with van der Waals surface area (Å²) in [6.07, 6.45) is 1.33. The van der Waals surface area contributed by atoms with Crippen molar-refractivity contribution >= 4 is 11.8 Å². The van der Waals surface area contributed by atoms with Crippen LogP contribution in [0.1, 0.15) is 34.4 Å². The van der Waals surface area contributed by atoms with Crippen LogP contribution in [0.15, 0.2) is 53.1 Å². The minimum absolute atomic E-state index is 0.0437. The molecule has 6 heteroatoms. The van der Waals surface area contributed by atoms with Crippen molar-refractivity contribution in [3.63, 3.8) is 0 Å². The first-order chi connectivity index (χ1) is 15.8. The van der Waals surface area contributed by atoms with Gasteiger partial charge >= 0.3 is 0 Å². The topological polar surface area (TPSA) is 75.4 Å². The van der Waals surface area contributed by atoms with E-state index in [1.807, 2.05) is 54.3 Å². The Bertz CT molecular complexity index is 1180. The molecule has 1 fully saturated rings. The van der Waals surface area contributed by atoms with Crippen LogP contribution in [-0.2, 0) is 22.4 Å². The van der Waals surface area contributed by atoms with E-state index < -0.39 is 5.41 Å². The van der Waals surface area contributed by atoms with Gasteiger partial charge in [-0.1, -0.05) is 47.6 Å². The lowest BCUT2D eigenvalue weighted by atomic mass is 9.81. The summed E-state index contributed by atoms with van der Waals surface area (Å²) in [6, 6.07) is 16.0. The fourth-order valence-corrected chi connectivity index (χ4v) is 4.68. The minimum Gasteiger partial charge on any atom is -0.361 e. The number of carbonyl (C=O) groups excluding carboxylic acids is 2. The van der Waals surface area contributed by atoms with Crippen molar-refractivity contribution in [2.24, 2.45) is 5.41 Å². The normalized spacial score (nSPS) is 17.9. The average molecular weight is 446 g/mol. The lowest BCUT2D eigenvalue weighted by Gasteiger charge is -2.26. The van der Waals surface area contributed by atoms with Crippen molar-refractivity contribution in [3.8, 4) is 11.3 Å². The number of rotatable bonds is 6. The van der Waals surface area contributed by atoms with Gasteiger partial charge in [0.1, 0.15) is 11.5 Å². The van der Waals surface area contributed by atoms with E-state index in [-0.39, 0.29) is 11.8 Å². The van der Waals surface area contributed by atoms with E-state index in [9.17, 15) is 9.59 Å². The summed E-state index contributed by atoms with van der Waals surface area (Å²) in [7, 11) is 1.64. The van der Waals surface area contributed by atoms with E-state index in [0.29, 0.717) is 38.1 Å². The maximum absolute atomic E-state index is 13.0. The van der Waals surface area contributed by atoms with Gasteiger partial charge in [0.15, 0.2) is 0 Å². The largest absolute Gasteiger partial charge is 0.361 e. The number of nitrogens with one attached hydrogen (secondary N) is 1. The van der Waals surface area contributed by atoms with Crippen LogP contribution in [0.3, 0.4) is 0 Å². The third-order valence-corrected chi connectivity index (χ3v) is 6.83. The maximum Gasteiger partial charge on any atom is 0.228 e. The third kappa shape index (κ3) is 4.70. The highest BCUT2D eigenvalue weighted by Crippen LogP contribution is 2.36. The predicted octanol–water partition coefficient (Wildman–Crippen LogP) is 4.02. The smallest absolute Gasteiger partial charge is 0.228 e. The molecule has 2 heterocycles. The second kappa shape index (κ2) is 9.22. The molecule has 1 saturated heterocycles. The Balaban J connectivity index is 1.50. The standard InChI is InChI=1S/C27H31N3O3/c1-18-9-10-21(13-20(18)3)14-25(31)30-12-11-27(17-30,26(32)28-4)16-22-15-24(29-33-22)23-8-6-5-7-19(23)2/h5-10,13,15H,11-12,14,16-17H2,1-4H3,(H,28,32)/t27-/m1/s1. The molecule has 172 valence electrons. The number of carbonyl (C=O) groups is 2. The quantitative estimate of drug-likeness (QED) is 0.622. The molecule has 1 atom stereocenters. The van der Waals surface area contributed by atoms with Crippen LogP contribution in [0.5, 0.6) is 0 Å². The van der Waals surface area contributed by atoms with Crippen molar-refractivity contribution < 1.29 is 14.1 Å². The summed E-state index contributed by atoms with van der Waals surface area (Å²) in [5.41, 5.74) is 5.55.